The Bertz CT molecular complexity index is 254. The lowest BCUT2D eigenvalue weighted by Crippen LogP contribution is -2.37. The van der Waals surface area contributed by atoms with Gasteiger partial charge in [0.2, 0.25) is 5.91 Å². The first-order valence-electron chi connectivity index (χ1n) is 5.32. The van der Waals surface area contributed by atoms with E-state index in [1.165, 1.54) is 4.90 Å². The van der Waals surface area contributed by atoms with Gasteiger partial charge in [-0.3, -0.25) is 9.59 Å². The maximum Gasteiger partial charge on any atom is 0.323 e. The van der Waals surface area contributed by atoms with E-state index in [0.717, 1.165) is 17.3 Å². The SMILES string of the molecule is CCN(CC(=O)O)C(=O)CC1CSCCS1. The monoisotopic (exact) mass is 263 g/mol. The third-order valence-corrected chi connectivity index (χ3v) is 5.19. The lowest BCUT2D eigenvalue weighted by Gasteiger charge is -2.24. The summed E-state index contributed by atoms with van der Waals surface area (Å²) >= 11 is 3.69. The molecule has 0 aromatic rings. The summed E-state index contributed by atoms with van der Waals surface area (Å²) in [5.41, 5.74) is 0. The van der Waals surface area contributed by atoms with Crippen molar-refractivity contribution in [2.45, 2.75) is 18.6 Å². The molecule has 1 N–H and O–H groups in total. The van der Waals surface area contributed by atoms with Gasteiger partial charge in [0.05, 0.1) is 0 Å². The van der Waals surface area contributed by atoms with Crippen LogP contribution in [0.1, 0.15) is 13.3 Å². The number of carbonyl (C=O) groups excluding carboxylic acids is 1. The van der Waals surface area contributed by atoms with Gasteiger partial charge in [-0.15, -0.1) is 0 Å². The number of aliphatic carboxylic acids is 1. The van der Waals surface area contributed by atoms with Crippen LogP contribution in [0.5, 0.6) is 0 Å². The molecule has 0 saturated carbocycles. The van der Waals surface area contributed by atoms with Crippen molar-refractivity contribution in [2.24, 2.45) is 0 Å². The Morgan fingerprint density at radius 2 is 2.19 bits per heavy atom. The first kappa shape index (κ1) is 13.7. The highest BCUT2D eigenvalue weighted by atomic mass is 32.2. The van der Waals surface area contributed by atoms with E-state index in [-0.39, 0.29) is 12.5 Å². The summed E-state index contributed by atoms with van der Waals surface area (Å²) < 4.78 is 0. The molecule has 0 radical (unpaired) electrons. The first-order valence-corrected chi connectivity index (χ1v) is 7.52. The number of hydrogen-bond donors (Lipinski definition) is 1. The fourth-order valence-corrected chi connectivity index (χ4v) is 4.19. The van der Waals surface area contributed by atoms with Gasteiger partial charge < -0.3 is 10.0 Å². The molecule has 1 fully saturated rings. The van der Waals surface area contributed by atoms with E-state index in [1.807, 2.05) is 30.4 Å². The van der Waals surface area contributed by atoms with E-state index in [2.05, 4.69) is 0 Å². The maximum atomic E-state index is 11.8. The van der Waals surface area contributed by atoms with E-state index < -0.39 is 5.97 Å². The molecule has 1 unspecified atom stereocenters. The van der Waals surface area contributed by atoms with Crippen molar-refractivity contribution in [1.29, 1.82) is 0 Å². The van der Waals surface area contributed by atoms with E-state index in [1.54, 1.807) is 0 Å². The molecule has 0 aliphatic carbocycles. The Kier molecular flexibility index (Phi) is 6.05. The summed E-state index contributed by atoms with van der Waals surface area (Å²) in [7, 11) is 0. The molecule has 1 saturated heterocycles. The van der Waals surface area contributed by atoms with Crippen molar-refractivity contribution >= 4 is 35.4 Å². The molecule has 1 rings (SSSR count). The van der Waals surface area contributed by atoms with Crippen LogP contribution in [0.15, 0.2) is 0 Å². The molecule has 1 atom stereocenters. The Hall–Kier alpha value is -0.360. The topological polar surface area (TPSA) is 57.6 Å². The molecule has 1 heterocycles. The van der Waals surface area contributed by atoms with E-state index in [0.29, 0.717) is 18.2 Å². The number of rotatable bonds is 5. The van der Waals surface area contributed by atoms with Gasteiger partial charge in [0.25, 0.3) is 0 Å². The predicted molar refractivity (Wildman–Crippen MR) is 68.1 cm³/mol. The van der Waals surface area contributed by atoms with Crippen molar-refractivity contribution < 1.29 is 14.7 Å². The van der Waals surface area contributed by atoms with Gasteiger partial charge >= 0.3 is 5.97 Å². The average Bonchev–Trinajstić information content (AvgIpc) is 2.26. The number of likely N-dealkylation sites (N-methyl/N-ethyl adjacent to an activating group) is 1. The number of hydrogen-bond acceptors (Lipinski definition) is 4. The molecule has 16 heavy (non-hydrogen) atoms. The zero-order valence-corrected chi connectivity index (χ0v) is 11.0. The number of nitrogens with zero attached hydrogens (tertiary/aromatic N) is 1. The molecule has 1 aliphatic rings. The Morgan fingerprint density at radius 3 is 2.69 bits per heavy atom. The zero-order valence-electron chi connectivity index (χ0n) is 9.35. The van der Waals surface area contributed by atoms with Crippen LogP contribution >= 0.6 is 23.5 Å². The predicted octanol–water partition coefficient (Wildman–Crippen LogP) is 1.16. The van der Waals surface area contributed by atoms with Crippen LogP contribution in [0.2, 0.25) is 0 Å². The quantitative estimate of drug-likeness (QED) is 0.806. The smallest absolute Gasteiger partial charge is 0.323 e. The molecule has 0 aromatic carbocycles. The molecule has 0 bridgehead atoms. The number of carboxylic acids is 1. The van der Waals surface area contributed by atoms with Crippen LogP contribution in [-0.2, 0) is 9.59 Å². The molecule has 6 heteroatoms. The number of carboxylic acid groups (broad SMARTS) is 1. The minimum atomic E-state index is -0.944. The van der Waals surface area contributed by atoms with Gasteiger partial charge in [0, 0.05) is 35.5 Å². The molecular weight excluding hydrogens is 246 g/mol. The molecular formula is C10H17NO3S2. The van der Waals surface area contributed by atoms with Gasteiger partial charge in [-0.05, 0) is 6.92 Å². The van der Waals surface area contributed by atoms with Gasteiger partial charge in [0.1, 0.15) is 6.54 Å². The Balaban J connectivity index is 2.38. The number of carbonyl (C=O) groups is 2. The highest BCUT2D eigenvalue weighted by molar-refractivity contribution is 8.06. The van der Waals surface area contributed by atoms with Gasteiger partial charge in [-0.2, -0.15) is 23.5 Å². The van der Waals surface area contributed by atoms with Crippen LogP contribution in [0, 0.1) is 0 Å². The molecule has 1 amide bonds. The third kappa shape index (κ3) is 4.65. The van der Waals surface area contributed by atoms with Crippen LogP contribution in [0.25, 0.3) is 0 Å². The van der Waals surface area contributed by atoms with E-state index in [9.17, 15) is 9.59 Å². The second-order valence-electron chi connectivity index (χ2n) is 3.57. The third-order valence-electron chi connectivity index (χ3n) is 2.35. The van der Waals surface area contributed by atoms with Crippen LogP contribution in [-0.4, -0.2) is 57.5 Å². The van der Waals surface area contributed by atoms with Gasteiger partial charge in [0.15, 0.2) is 0 Å². The zero-order chi connectivity index (χ0) is 12.0. The summed E-state index contributed by atoms with van der Waals surface area (Å²) in [6.45, 7) is 2.10. The largest absolute Gasteiger partial charge is 0.480 e. The van der Waals surface area contributed by atoms with Crippen molar-refractivity contribution in [2.75, 3.05) is 30.3 Å². The van der Waals surface area contributed by atoms with Crippen molar-refractivity contribution in [3.05, 3.63) is 0 Å². The second kappa shape index (κ2) is 7.06. The minimum Gasteiger partial charge on any atom is -0.480 e. The lowest BCUT2D eigenvalue weighted by molar-refractivity contribution is -0.144. The summed E-state index contributed by atoms with van der Waals surface area (Å²) in [4.78, 5) is 23.8. The van der Waals surface area contributed by atoms with E-state index >= 15 is 0 Å². The van der Waals surface area contributed by atoms with Gasteiger partial charge in [-0.25, -0.2) is 0 Å². The van der Waals surface area contributed by atoms with Crippen LogP contribution in [0.4, 0.5) is 0 Å². The Morgan fingerprint density at radius 1 is 1.44 bits per heavy atom. The fraction of sp³-hybridized carbons (Fsp3) is 0.800. The Labute approximate surface area is 104 Å². The minimum absolute atomic E-state index is 0.0371. The van der Waals surface area contributed by atoms with Crippen molar-refractivity contribution in [1.82, 2.24) is 4.90 Å². The number of thioether (sulfide) groups is 2. The van der Waals surface area contributed by atoms with Crippen molar-refractivity contribution in [3.63, 3.8) is 0 Å². The molecule has 1 aliphatic heterocycles. The summed E-state index contributed by atoms with van der Waals surface area (Å²) in [5, 5.41) is 9.02. The van der Waals surface area contributed by atoms with Crippen molar-refractivity contribution in [3.8, 4) is 0 Å². The van der Waals surface area contributed by atoms with E-state index in [4.69, 9.17) is 5.11 Å². The van der Waals surface area contributed by atoms with Crippen LogP contribution in [0.3, 0.4) is 0 Å². The lowest BCUT2D eigenvalue weighted by atomic mass is 10.3. The number of amides is 1. The molecule has 4 nitrogen and oxygen atoms in total. The highest BCUT2D eigenvalue weighted by Gasteiger charge is 2.22. The second-order valence-corrected chi connectivity index (χ2v) is 6.13. The van der Waals surface area contributed by atoms with Gasteiger partial charge in [-0.1, -0.05) is 0 Å². The normalized spacial score (nSPS) is 20.4. The molecule has 92 valence electrons. The average molecular weight is 263 g/mol. The fourth-order valence-electron chi connectivity index (χ4n) is 1.52. The highest BCUT2D eigenvalue weighted by Crippen LogP contribution is 2.26. The summed E-state index contributed by atoms with van der Waals surface area (Å²) in [6, 6.07) is 0. The standard InChI is InChI=1S/C10H17NO3S2/c1-2-11(6-10(13)14)9(12)5-8-7-15-3-4-16-8/h8H,2-7H2,1H3,(H,13,14). The van der Waals surface area contributed by atoms with Crippen LogP contribution < -0.4 is 0 Å². The maximum absolute atomic E-state index is 11.8. The molecule has 0 aromatic heterocycles. The first-order chi connectivity index (χ1) is 7.63. The summed E-state index contributed by atoms with van der Waals surface area (Å²) in [5.74, 6) is 2.27. The summed E-state index contributed by atoms with van der Waals surface area (Å²) in [6.07, 6.45) is 0.471. The molecule has 0 spiro atoms.